The molecule has 1 fully saturated rings. The molecule has 0 saturated heterocycles. The summed E-state index contributed by atoms with van der Waals surface area (Å²) in [5, 5.41) is 11.8. The van der Waals surface area contributed by atoms with Crippen molar-refractivity contribution in [3.8, 4) is 0 Å². The highest BCUT2D eigenvalue weighted by Crippen LogP contribution is 2.36. The van der Waals surface area contributed by atoms with Crippen LogP contribution in [0.15, 0.2) is 34.8 Å². The molecule has 0 aliphatic heterocycles. The summed E-state index contributed by atoms with van der Waals surface area (Å²) >= 11 is 3.58. The summed E-state index contributed by atoms with van der Waals surface area (Å²) in [6.07, 6.45) is 6.84. The fraction of sp³-hybridized carbons (Fsp3) is 0.471. The predicted molar refractivity (Wildman–Crippen MR) is 85.6 cm³/mol. The van der Waals surface area contributed by atoms with E-state index in [-0.39, 0.29) is 0 Å². The summed E-state index contributed by atoms with van der Waals surface area (Å²) in [5.74, 6) is 0.350. The molecule has 106 valence electrons. The SMILES string of the molecule is OC(c1nc2ccccc2cc1Br)C1CCCCCC1. The Morgan fingerprint density at radius 1 is 1.10 bits per heavy atom. The zero-order chi connectivity index (χ0) is 13.9. The fourth-order valence-corrected chi connectivity index (χ4v) is 3.73. The van der Waals surface area contributed by atoms with Gasteiger partial charge >= 0.3 is 0 Å². The van der Waals surface area contributed by atoms with Crippen molar-refractivity contribution in [3.63, 3.8) is 0 Å². The van der Waals surface area contributed by atoms with Gasteiger partial charge in [0, 0.05) is 9.86 Å². The number of nitrogens with zero attached hydrogens (tertiary/aromatic N) is 1. The van der Waals surface area contributed by atoms with Crippen LogP contribution in [0.2, 0.25) is 0 Å². The van der Waals surface area contributed by atoms with Crippen molar-refractivity contribution in [2.75, 3.05) is 0 Å². The molecular formula is C17H20BrNO. The number of aromatic nitrogens is 1. The zero-order valence-electron chi connectivity index (χ0n) is 11.6. The van der Waals surface area contributed by atoms with Crippen LogP contribution in [0.3, 0.4) is 0 Å². The number of halogens is 1. The second-order valence-electron chi connectivity index (χ2n) is 5.74. The third-order valence-electron chi connectivity index (χ3n) is 4.33. The zero-order valence-corrected chi connectivity index (χ0v) is 13.1. The number of benzene rings is 1. The van der Waals surface area contributed by atoms with Gasteiger partial charge in [-0.05, 0) is 46.8 Å². The van der Waals surface area contributed by atoms with Crippen molar-refractivity contribution in [2.24, 2.45) is 5.92 Å². The van der Waals surface area contributed by atoms with Crippen LogP contribution in [0.25, 0.3) is 10.9 Å². The van der Waals surface area contributed by atoms with Crippen LogP contribution < -0.4 is 0 Å². The molecule has 20 heavy (non-hydrogen) atoms. The highest BCUT2D eigenvalue weighted by molar-refractivity contribution is 9.10. The first kappa shape index (κ1) is 14.0. The normalized spacial score (nSPS) is 18.9. The molecule has 1 unspecified atom stereocenters. The van der Waals surface area contributed by atoms with Crippen molar-refractivity contribution in [3.05, 3.63) is 40.5 Å². The Labute approximate surface area is 128 Å². The van der Waals surface area contributed by atoms with E-state index in [0.29, 0.717) is 5.92 Å². The molecule has 1 aliphatic carbocycles. The number of para-hydroxylation sites is 1. The molecular weight excluding hydrogens is 314 g/mol. The number of fused-ring (bicyclic) bond motifs is 1. The maximum atomic E-state index is 10.7. The molecule has 0 bridgehead atoms. The Morgan fingerprint density at radius 3 is 2.55 bits per heavy atom. The fourth-order valence-electron chi connectivity index (χ4n) is 3.16. The van der Waals surface area contributed by atoms with Gasteiger partial charge in [-0.1, -0.05) is 43.9 Å². The molecule has 2 aromatic rings. The molecule has 0 amide bonds. The van der Waals surface area contributed by atoms with Gasteiger partial charge in [-0.3, -0.25) is 0 Å². The minimum absolute atomic E-state index is 0.350. The summed E-state index contributed by atoms with van der Waals surface area (Å²) in [4.78, 5) is 4.68. The smallest absolute Gasteiger partial charge is 0.0999 e. The third-order valence-corrected chi connectivity index (χ3v) is 4.97. The van der Waals surface area contributed by atoms with Gasteiger partial charge in [0.25, 0.3) is 0 Å². The lowest BCUT2D eigenvalue weighted by atomic mass is 9.91. The molecule has 1 aromatic heterocycles. The maximum Gasteiger partial charge on any atom is 0.0999 e. The van der Waals surface area contributed by atoms with Crippen LogP contribution in [0.1, 0.15) is 50.3 Å². The summed E-state index contributed by atoms with van der Waals surface area (Å²) < 4.78 is 0.924. The molecule has 0 spiro atoms. The summed E-state index contributed by atoms with van der Waals surface area (Å²) in [7, 11) is 0. The minimum atomic E-state index is -0.452. The highest BCUT2D eigenvalue weighted by atomic mass is 79.9. The van der Waals surface area contributed by atoms with Gasteiger partial charge in [0.05, 0.1) is 17.3 Å². The molecule has 1 aromatic carbocycles. The standard InChI is InChI=1S/C17H20BrNO/c18-14-11-13-9-5-6-10-15(13)19-16(14)17(20)12-7-3-1-2-4-8-12/h5-6,9-12,17,20H,1-4,7-8H2. The van der Waals surface area contributed by atoms with E-state index in [0.717, 1.165) is 33.9 Å². The number of hydrogen-bond acceptors (Lipinski definition) is 2. The van der Waals surface area contributed by atoms with Crippen molar-refractivity contribution >= 4 is 26.8 Å². The Balaban J connectivity index is 1.93. The van der Waals surface area contributed by atoms with Crippen molar-refractivity contribution in [1.29, 1.82) is 0 Å². The highest BCUT2D eigenvalue weighted by Gasteiger charge is 2.25. The van der Waals surface area contributed by atoms with Crippen LogP contribution >= 0.6 is 15.9 Å². The van der Waals surface area contributed by atoms with E-state index in [1.807, 2.05) is 18.2 Å². The lowest BCUT2D eigenvalue weighted by Gasteiger charge is -2.22. The van der Waals surface area contributed by atoms with E-state index >= 15 is 0 Å². The second kappa shape index (κ2) is 6.23. The topological polar surface area (TPSA) is 33.1 Å². The minimum Gasteiger partial charge on any atom is -0.386 e. The lowest BCUT2D eigenvalue weighted by molar-refractivity contribution is 0.0944. The lowest BCUT2D eigenvalue weighted by Crippen LogP contribution is -2.14. The van der Waals surface area contributed by atoms with E-state index in [4.69, 9.17) is 0 Å². The Morgan fingerprint density at radius 2 is 1.80 bits per heavy atom. The summed E-state index contributed by atoms with van der Waals surface area (Å²) in [6.45, 7) is 0. The summed E-state index contributed by atoms with van der Waals surface area (Å²) in [6, 6.07) is 10.1. The van der Waals surface area contributed by atoms with Crippen LogP contribution in [0, 0.1) is 5.92 Å². The van der Waals surface area contributed by atoms with Crippen molar-refractivity contribution < 1.29 is 5.11 Å². The number of hydrogen-bond donors (Lipinski definition) is 1. The van der Waals surface area contributed by atoms with Crippen LogP contribution in [-0.2, 0) is 0 Å². The Hall–Kier alpha value is -0.930. The number of aliphatic hydroxyl groups is 1. The predicted octanol–water partition coefficient (Wildman–Crippen LogP) is 5.00. The van der Waals surface area contributed by atoms with Gasteiger partial charge in [0.15, 0.2) is 0 Å². The molecule has 3 heteroatoms. The van der Waals surface area contributed by atoms with E-state index in [1.165, 1.54) is 25.7 Å². The van der Waals surface area contributed by atoms with Crippen LogP contribution in [0.5, 0.6) is 0 Å². The van der Waals surface area contributed by atoms with Crippen LogP contribution in [0.4, 0.5) is 0 Å². The number of aliphatic hydroxyl groups excluding tert-OH is 1. The molecule has 1 aliphatic rings. The maximum absolute atomic E-state index is 10.7. The average molecular weight is 334 g/mol. The molecule has 1 N–H and O–H groups in total. The van der Waals surface area contributed by atoms with Gasteiger partial charge in [-0.25, -0.2) is 4.98 Å². The van der Waals surface area contributed by atoms with Gasteiger partial charge in [-0.2, -0.15) is 0 Å². The molecule has 1 saturated carbocycles. The first-order chi connectivity index (χ1) is 9.75. The Kier molecular flexibility index (Phi) is 4.37. The number of pyridine rings is 1. The van der Waals surface area contributed by atoms with Gasteiger partial charge in [0.1, 0.15) is 0 Å². The Bertz CT molecular complexity index is 591. The molecule has 1 atom stereocenters. The largest absolute Gasteiger partial charge is 0.386 e. The van der Waals surface area contributed by atoms with Gasteiger partial charge in [0.2, 0.25) is 0 Å². The van der Waals surface area contributed by atoms with E-state index < -0.39 is 6.10 Å². The van der Waals surface area contributed by atoms with Crippen molar-refractivity contribution in [2.45, 2.75) is 44.6 Å². The molecule has 1 heterocycles. The van der Waals surface area contributed by atoms with E-state index in [1.54, 1.807) is 0 Å². The monoisotopic (exact) mass is 333 g/mol. The average Bonchev–Trinajstić information content (AvgIpc) is 2.75. The quantitative estimate of drug-likeness (QED) is 0.784. The van der Waals surface area contributed by atoms with Crippen LogP contribution in [-0.4, -0.2) is 10.1 Å². The van der Waals surface area contributed by atoms with Gasteiger partial charge in [-0.15, -0.1) is 0 Å². The third kappa shape index (κ3) is 2.89. The molecule has 2 nitrogen and oxygen atoms in total. The second-order valence-corrected chi connectivity index (χ2v) is 6.60. The summed E-state index contributed by atoms with van der Waals surface area (Å²) in [5.41, 5.74) is 1.76. The number of rotatable bonds is 2. The first-order valence-electron chi connectivity index (χ1n) is 7.49. The van der Waals surface area contributed by atoms with E-state index in [9.17, 15) is 5.11 Å². The van der Waals surface area contributed by atoms with Crippen molar-refractivity contribution in [1.82, 2.24) is 4.98 Å². The van der Waals surface area contributed by atoms with E-state index in [2.05, 4.69) is 33.0 Å². The molecule has 0 radical (unpaired) electrons. The van der Waals surface area contributed by atoms with Gasteiger partial charge < -0.3 is 5.11 Å². The molecule has 3 rings (SSSR count). The first-order valence-corrected chi connectivity index (χ1v) is 8.28.